The predicted octanol–water partition coefficient (Wildman–Crippen LogP) is 4.58. The fourth-order valence-corrected chi connectivity index (χ4v) is 3.97. The van der Waals surface area contributed by atoms with E-state index in [0.29, 0.717) is 22.0 Å². The highest BCUT2D eigenvalue weighted by atomic mass is 35.5. The number of hydrogen-bond acceptors (Lipinski definition) is 4. The molecule has 1 aliphatic rings. The van der Waals surface area contributed by atoms with Gasteiger partial charge in [0.15, 0.2) is 0 Å². The molecule has 0 aromatic heterocycles. The van der Waals surface area contributed by atoms with Crippen molar-refractivity contribution in [3.8, 4) is 0 Å². The van der Waals surface area contributed by atoms with Crippen molar-refractivity contribution in [2.45, 2.75) is 19.4 Å². The quantitative estimate of drug-likeness (QED) is 0.388. The maximum Gasteiger partial charge on any atom is 0.258 e. The second kappa shape index (κ2) is 9.10. The van der Waals surface area contributed by atoms with Crippen LogP contribution in [0.2, 0.25) is 5.02 Å². The zero-order chi connectivity index (χ0) is 23.6. The second-order valence-electron chi connectivity index (χ2n) is 8.41. The first-order valence-electron chi connectivity index (χ1n) is 10.6. The van der Waals surface area contributed by atoms with E-state index in [0.717, 1.165) is 22.4 Å². The minimum atomic E-state index is -0.433. The van der Waals surface area contributed by atoms with E-state index in [1.54, 1.807) is 12.1 Å². The van der Waals surface area contributed by atoms with Crippen LogP contribution in [-0.4, -0.2) is 18.4 Å². The van der Waals surface area contributed by atoms with Gasteiger partial charge in [0.1, 0.15) is 0 Å². The molecule has 1 heterocycles. The molecule has 5 N–H and O–H groups in total. The lowest BCUT2D eigenvalue weighted by atomic mass is 9.94. The van der Waals surface area contributed by atoms with Crippen LogP contribution in [0, 0.1) is 0 Å². The molecule has 3 aromatic rings. The Bertz CT molecular complexity index is 1230. The Kier molecular flexibility index (Phi) is 6.22. The molecule has 3 aromatic carbocycles. The highest BCUT2D eigenvalue weighted by Gasteiger charge is 2.28. The maximum absolute atomic E-state index is 13.0. The molecule has 0 saturated carbocycles. The molecule has 0 radical (unpaired) electrons. The van der Waals surface area contributed by atoms with Crippen molar-refractivity contribution in [2.75, 3.05) is 17.2 Å². The number of halogens is 1. The summed E-state index contributed by atoms with van der Waals surface area (Å²) in [7, 11) is 0. The summed E-state index contributed by atoms with van der Waals surface area (Å²) in [5.74, 6) is -0.594. The van der Waals surface area contributed by atoms with Gasteiger partial charge in [-0.1, -0.05) is 60.1 Å². The molecule has 2 amide bonds. The first-order chi connectivity index (χ1) is 15.7. The Morgan fingerprint density at radius 1 is 1.03 bits per heavy atom. The third kappa shape index (κ3) is 4.92. The lowest BCUT2D eigenvalue weighted by molar-refractivity contribution is -0.117. The van der Waals surface area contributed by atoms with Crippen molar-refractivity contribution >= 4 is 46.1 Å². The molecular formula is C26H25ClN4O2. The third-order valence-corrected chi connectivity index (χ3v) is 5.85. The van der Waals surface area contributed by atoms with E-state index in [1.165, 1.54) is 0 Å². The molecule has 1 aliphatic heterocycles. The van der Waals surface area contributed by atoms with Gasteiger partial charge in [-0.2, -0.15) is 0 Å². The largest absolute Gasteiger partial charge is 0.369 e. The second-order valence-corrected chi connectivity index (χ2v) is 8.84. The maximum atomic E-state index is 13.0. The van der Waals surface area contributed by atoms with E-state index in [2.05, 4.69) is 16.0 Å². The van der Waals surface area contributed by atoms with Crippen LogP contribution in [0.1, 0.15) is 30.5 Å². The van der Waals surface area contributed by atoms with E-state index in [-0.39, 0.29) is 12.5 Å². The average Bonchev–Trinajstić information content (AvgIpc) is 3.11. The summed E-state index contributed by atoms with van der Waals surface area (Å²) in [5, 5.41) is 10.1. The number of nitrogens with two attached hydrogens (primary N) is 1. The number of carbonyl (C=O) groups is 2. The van der Waals surface area contributed by atoms with Crippen LogP contribution in [0.25, 0.3) is 11.3 Å². The normalized spacial score (nSPS) is 14.5. The number of amides is 2. The average molecular weight is 461 g/mol. The Hall–Kier alpha value is -3.61. The summed E-state index contributed by atoms with van der Waals surface area (Å²) < 4.78 is 0. The van der Waals surface area contributed by atoms with E-state index in [4.69, 9.17) is 17.3 Å². The summed E-state index contributed by atoms with van der Waals surface area (Å²) >= 11 is 6.12. The number of fused-ring (bicyclic) bond motifs is 1. The van der Waals surface area contributed by atoms with Crippen LogP contribution in [-0.2, 0) is 15.1 Å². The highest BCUT2D eigenvalue weighted by Crippen LogP contribution is 2.38. The predicted molar refractivity (Wildman–Crippen MR) is 134 cm³/mol. The Balaban J connectivity index is 1.71. The van der Waals surface area contributed by atoms with Gasteiger partial charge >= 0.3 is 0 Å². The lowest BCUT2D eigenvalue weighted by Crippen LogP contribution is -2.41. The minimum Gasteiger partial charge on any atom is -0.369 e. The van der Waals surface area contributed by atoms with Gasteiger partial charge in [0.05, 0.1) is 23.5 Å². The Labute approximate surface area is 197 Å². The molecule has 168 valence electrons. The van der Waals surface area contributed by atoms with Gasteiger partial charge < -0.3 is 16.4 Å². The summed E-state index contributed by atoms with van der Waals surface area (Å²) in [6.07, 6.45) is 0. The van der Waals surface area contributed by atoms with Crippen molar-refractivity contribution in [1.29, 1.82) is 0 Å². The monoisotopic (exact) mass is 460 g/mol. The van der Waals surface area contributed by atoms with Crippen molar-refractivity contribution < 1.29 is 9.59 Å². The van der Waals surface area contributed by atoms with Crippen LogP contribution in [0.3, 0.4) is 0 Å². The molecular weight excluding hydrogens is 436 g/mol. The van der Waals surface area contributed by atoms with Gasteiger partial charge in [-0.05, 0) is 49.2 Å². The number of primary amides is 1. The number of anilines is 2. The van der Waals surface area contributed by atoms with E-state index < -0.39 is 11.4 Å². The van der Waals surface area contributed by atoms with Crippen molar-refractivity contribution in [1.82, 2.24) is 5.32 Å². The Morgan fingerprint density at radius 3 is 2.39 bits per heavy atom. The molecule has 0 unspecified atom stereocenters. The molecule has 0 spiro atoms. The molecule has 0 atom stereocenters. The number of hydrogen-bond donors (Lipinski definition) is 4. The van der Waals surface area contributed by atoms with Crippen LogP contribution in [0.15, 0.2) is 72.8 Å². The zero-order valence-electron chi connectivity index (χ0n) is 18.4. The first kappa shape index (κ1) is 22.6. The first-order valence-corrected chi connectivity index (χ1v) is 10.9. The Morgan fingerprint density at radius 2 is 1.73 bits per heavy atom. The third-order valence-electron chi connectivity index (χ3n) is 5.62. The fraction of sp³-hybridized carbons (Fsp3) is 0.154. The SMILES string of the molecule is CC(C)(NCC(N)=O)c1ccc(N/C(=C2\C(=O)Nc3cc(Cl)ccc32)c2ccccc2)cc1. The fourth-order valence-electron chi connectivity index (χ4n) is 3.80. The van der Waals surface area contributed by atoms with Crippen LogP contribution in [0.5, 0.6) is 0 Å². The standard InChI is InChI=1S/C26H25ClN4O2/c1-26(2,29-15-22(28)32)17-8-11-19(12-9-17)30-24(16-6-4-3-5-7-16)23-20-13-10-18(27)14-21(20)31-25(23)33/h3-14,29-30H,15H2,1-2H3,(H2,28,32)(H,31,33)/b24-23-. The highest BCUT2D eigenvalue weighted by molar-refractivity contribution is 6.38. The number of benzene rings is 3. The summed E-state index contributed by atoms with van der Waals surface area (Å²) in [6.45, 7) is 4.07. The molecule has 6 nitrogen and oxygen atoms in total. The number of rotatable bonds is 7. The molecule has 7 heteroatoms. The van der Waals surface area contributed by atoms with E-state index in [1.807, 2.05) is 74.5 Å². The molecule has 33 heavy (non-hydrogen) atoms. The molecule has 4 rings (SSSR count). The summed E-state index contributed by atoms with van der Waals surface area (Å²) in [5.41, 5.74) is 10.3. The number of nitrogens with one attached hydrogen (secondary N) is 3. The van der Waals surface area contributed by atoms with Crippen molar-refractivity contribution in [3.63, 3.8) is 0 Å². The minimum absolute atomic E-state index is 0.0930. The van der Waals surface area contributed by atoms with Crippen LogP contribution < -0.4 is 21.7 Å². The van der Waals surface area contributed by atoms with Gasteiger partial charge in [-0.25, -0.2) is 0 Å². The molecule has 0 fully saturated rings. The van der Waals surface area contributed by atoms with Gasteiger partial charge in [-0.15, -0.1) is 0 Å². The van der Waals surface area contributed by atoms with Crippen molar-refractivity contribution in [3.05, 3.63) is 94.5 Å². The van der Waals surface area contributed by atoms with Gasteiger partial charge in [-0.3, -0.25) is 14.9 Å². The number of carbonyl (C=O) groups excluding carboxylic acids is 2. The summed E-state index contributed by atoms with van der Waals surface area (Å²) in [4.78, 5) is 24.1. The molecule has 0 aliphatic carbocycles. The van der Waals surface area contributed by atoms with Crippen LogP contribution >= 0.6 is 11.6 Å². The molecule has 0 bridgehead atoms. The zero-order valence-corrected chi connectivity index (χ0v) is 19.2. The topological polar surface area (TPSA) is 96.2 Å². The summed E-state index contributed by atoms with van der Waals surface area (Å²) in [6, 6.07) is 23.0. The van der Waals surface area contributed by atoms with E-state index >= 15 is 0 Å². The lowest BCUT2D eigenvalue weighted by Gasteiger charge is -2.26. The van der Waals surface area contributed by atoms with Gasteiger partial charge in [0.25, 0.3) is 5.91 Å². The smallest absolute Gasteiger partial charge is 0.258 e. The van der Waals surface area contributed by atoms with Crippen molar-refractivity contribution in [2.24, 2.45) is 5.73 Å². The van der Waals surface area contributed by atoms with Gasteiger partial charge in [0, 0.05) is 21.8 Å². The van der Waals surface area contributed by atoms with E-state index in [9.17, 15) is 9.59 Å². The van der Waals surface area contributed by atoms with Gasteiger partial charge in [0.2, 0.25) is 5.91 Å². The van der Waals surface area contributed by atoms with Crippen LogP contribution in [0.4, 0.5) is 11.4 Å². The molecule has 0 saturated heterocycles.